The van der Waals surface area contributed by atoms with Crippen LogP contribution in [-0.2, 0) is 22.6 Å². The van der Waals surface area contributed by atoms with Crippen LogP contribution in [0.25, 0.3) is 0 Å². The Bertz CT molecular complexity index is 518. The molecule has 1 fully saturated rings. The summed E-state index contributed by atoms with van der Waals surface area (Å²) < 4.78 is 0. The molecule has 6 heteroatoms. The number of aliphatic hydroxyl groups excluding tert-OH is 1. The van der Waals surface area contributed by atoms with Crippen LogP contribution in [0.15, 0.2) is 24.3 Å². The average molecular weight is 278 g/mol. The molecule has 2 atom stereocenters. The number of nitrogens with zero attached hydrogens (tertiary/aromatic N) is 1. The highest BCUT2D eigenvalue weighted by molar-refractivity contribution is 5.86. The first-order valence-corrected chi connectivity index (χ1v) is 6.50. The number of benzene rings is 1. The van der Waals surface area contributed by atoms with Crippen LogP contribution in [0.5, 0.6) is 0 Å². The average Bonchev–Trinajstić information content (AvgIpc) is 2.82. The summed E-state index contributed by atoms with van der Waals surface area (Å²) in [5.41, 5.74) is 7.28. The van der Waals surface area contributed by atoms with E-state index in [1.807, 2.05) is 24.3 Å². The smallest absolute Gasteiger partial charge is 0.326 e. The fraction of sp³-hybridized carbons (Fsp3) is 0.429. The van der Waals surface area contributed by atoms with Gasteiger partial charge in [0.15, 0.2) is 0 Å². The van der Waals surface area contributed by atoms with Crippen molar-refractivity contribution in [1.82, 2.24) is 4.90 Å². The number of carbonyl (C=O) groups is 2. The van der Waals surface area contributed by atoms with E-state index in [9.17, 15) is 14.7 Å². The Balaban J connectivity index is 2.13. The van der Waals surface area contributed by atoms with Gasteiger partial charge in [0.25, 0.3) is 0 Å². The largest absolute Gasteiger partial charge is 0.480 e. The molecule has 1 saturated heterocycles. The minimum absolute atomic E-state index is 0.0700. The Labute approximate surface area is 116 Å². The number of β-amino-alcohol motifs (C(OH)–C–C–N with tert-alkyl or cyclic N) is 1. The Morgan fingerprint density at radius 3 is 2.55 bits per heavy atom. The number of carboxylic acid groups (broad SMARTS) is 1. The molecular weight excluding hydrogens is 260 g/mol. The van der Waals surface area contributed by atoms with Gasteiger partial charge in [-0.2, -0.15) is 0 Å². The maximum absolute atomic E-state index is 12.3. The zero-order chi connectivity index (χ0) is 14.7. The fourth-order valence-corrected chi connectivity index (χ4v) is 2.52. The van der Waals surface area contributed by atoms with Crippen molar-refractivity contribution in [3.8, 4) is 0 Å². The Morgan fingerprint density at radius 2 is 1.95 bits per heavy atom. The van der Waals surface area contributed by atoms with Gasteiger partial charge in [-0.05, 0) is 11.1 Å². The van der Waals surface area contributed by atoms with Gasteiger partial charge in [0, 0.05) is 19.5 Å². The SMILES string of the molecule is NCc1ccccc1CC(=O)N1CC(O)CC1C(=O)O. The van der Waals surface area contributed by atoms with Crippen molar-refractivity contribution in [3.63, 3.8) is 0 Å². The van der Waals surface area contributed by atoms with E-state index >= 15 is 0 Å². The van der Waals surface area contributed by atoms with Crippen molar-refractivity contribution in [2.45, 2.75) is 31.5 Å². The van der Waals surface area contributed by atoms with Gasteiger partial charge in [0.2, 0.25) is 5.91 Å². The van der Waals surface area contributed by atoms with Gasteiger partial charge in [-0.1, -0.05) is 24.3 Å². The number of likely N-dealkylation sites (tertiary alicyclic amines) is 1. The van der Waals surface area contributed by atoms with E-state index in [-0.39, 0.29) is 25.3 Å². The lowest BCUT2D eigenvalue weighted by molar-refractivity contribution is -0.148. The molecule has 0 saturated carbocycles. The number of nitrogens with two attached hydrogens (primary N) is 1. The second-order valence-corrected chi connectivity index (χ2v) is 4.94. The Morgan fingerprint density at radius 1 is 1.30 bits per heavy atom. The molecule has 2 rings (SSSR count). The normalized spacial score (nSPS) is 22.0. The molecule has 1 heterocycles. The van der Waals surface area contributed by atoms with Gasteiger partial charge < -0.3 is 20.8 Å². The number of hydrogen-bond donors (Lipinski definition) is 3. The Hall–Kier alpha value is -1.92. The van der Waals surface area contributed by atoms with Crippen molar-refractivity contribution in [2.24, 2.45) is 5.73 Å². The molecule has 0 spiro atoms. The number of amides is 1. The highest BCUT2D eigenvalue weighted by Gasteiger charge is 2.38. The van der Waals surface area contributed by atoms with E-state index < -0.39 is 18.1 Å². The zero-order valence-electron chi connectivity index (χ0n) is 11.0. The molecule has 108 valence electrons. The van der Waals surface area contributed by atoms with Crippen LogP contribution in [0, 0.1) is 0 Å². The lowest BCUT2D eigenvalue weighted by Crippen LogP contribution is -2.41. The van der Waals surface area contributed by atoms with Crippen molar-refractivity contribution in [1.29, 1.82) is 0 Å². The number of hydrogen-bond acceptors (Lipinski definition) is 4. The summed E-state index contributed by atoms with van der Waals surface area (Å²) in [4.78, 5) is 24.6. The fourth-order valence-electron chi connectivity index (χ4n) is 2.52. The Kier molecular flexibility index (Phi) is 4.36. The minimum atomic E-state index is -1.08. The van der Waals surface area contributed by atoms with Crippen LogP contribution in [-0.4, -0.2) is 45.7 Å². The quantitative estimate of drug-likeness (QED) is 0.703. The van der Waals surface area contributed by atoms with Crippen molar-refractivity contribution in [3.05, 3.63) is 35.4 Å². The van der Waals surface area contributed by atoms with Crippen LogP contribution >= 0.6 is 0 Å². The van der Waals surface area contributed by atoms with E-state index in [1.54, 1.807) is 0 Å². The maximum Gasteiger partial charge on any atom is 0.326 e. The summed E-state index contributed by atoms with van der Waals surface area (Å²) in [6.07, 6.45) is -0.589. The lowest BCUT2D eigenvalue weighted by atomic mass is 10.0. The molecule has 1 aliphatic heterocycles. The number of carbonyl (C=O) groups excluding carboxylic acids is 1. The van der Waals surface area contributed by atoms with E-state index in [0.29, 0.717) is 6.54 Å². The van der Waals surface area contributed by atoms with Crippen LogP contribution in [0.2, 0.25) is 0 Å². The predicted octanol–water partition coefficient (Wildman–Crippen LogP) is -0.266. The van der Waals surface area contributed by atoms with Gasteiger partial charge in [0.05, 0.1) is 12.5 Å². The lowest BCUT2D eigenvalue weighted by Gasteiger charge is -2.21. The van der Waals surface area contributed by atoms with Gasteiger partial charge in [-0.3, -0.25) is 4.79 Å². The second kappa shape index (κ2) is 6.02. The molecule has 0 radical (unpaired) electrons. The summed E-state index contributed by atoms with van der Waals surface area (Å²) in [7, 11) is 0. The van der Waals surface area contributed by atoms with Gasteiger partial charge in [-0.15, -0.1) is 0 Å². The molecular formula is C14H18N2O4. The van der Waals surface area contributed by atoms with Crippen LogP contribution < -0.4 is 5.73 Å². The van der Waals surface area contributed by atoms with Gasteiger partial charge in [-0.25, -0.2) is 4.79 Å². The highest BCUT2D eigenvalue weighted by atomic mass is 16.4. The molecule has 1 aromatic carbocycles. The maximum atomic E-state index is 12.3. The summed E-state index contributed by atoms with van der Waals surface area (Å²) in [5.74, 6) is -1.38. The molecule has 2 unspecified atom stereocenters. The summed E-state index contributed by atoms with van der Waals surface area (Å²) in [5, 5.41) is 18.6. The topological polar surface area (TPSA) is 104 Å². The molecule has 1 aromatic rings. The third-order valence-corrected chi connectivity index (χ3v) is 3.56. The summed E-state index contributed by atoms with van der Waals surface area (Å²) >= 11 is 0. The predicted molar refractivity (Wildman–Crippen MR) is 71.8 cm³/mol. The standard InChI is InChI=1S/C14H18N2O4/c15-7-10-4-2-1-3-9(10)5-13(18)16-8-11(17)6-12(16)14(19)20/h1-4,11-12,17H,5-8,15H2,(H,19,20). The first-order valence-electron chi connectivity index (χ1n) is 6.50. The molecule has 0 bridgehead atoms. The molecule has 0 aromatic heterocycles. The molecule has 0 aliphatic carbocycles. The van der Waals surface area contributed by atoms with Crippen LogP contribution in [0.4, 0.5) is 0 Å². The third kappa shape index (κ3) is 2.97. The first-order chi connectivity index (χ1) is 9.52. The number of rotatable bonds is 4. The molecule has 4 N–H and O–H groups in total. The van der Waals surface area contributed by atoms with E-state index in [4.69, 9.17) is 10.8 Å². The molecule has 6 nitrogen and oxygen atoms in total. The van der Waals surface area contributed by atoms with E-state index in [2.05, 4.69) is 0 Å². The highest BCUT2D eigenvalue weighted by Crippen LogP contribution is 2.20. The first kappa shape index (κ1) is 14.5. The van der Waals surface area contributed by atoms with Gasteiger partial charge >= 0.3 is 5.97 Å². The molecule has 1 amide bonds. The molecule has 1 aliphatic rings. The van der Waals surface area contributed by atoms with Crippen molar-refractivity contribution >= 4 is 11.9 Å². The third-order valence-electron chi connectivity index (χ3n) is 3.56. The van der Waals surface area contributed by atoms with Crippen molar-refractivity contribution < 1.29 is 19.8 Å². The van der Waals surface area contributed by atoms with E-state index in [1.165, 1.54) is 4.90 Å². The van der Waals surface area contributed by atoms with E-state index in [0.717, 1.165) is 11.1 Å². The number of aliphatic hydroxyl groups is 1. The summed E-state index contributed by atoms with van der Waals surface area (Å²) in [6, 6.07) is 6.37. The number of aliphatic carboxylic acids is 1. The summed E-state index contributed by atoms with van der Waals surface area (Å²) in [6.45, 7) is 0.398. The van der Waals surface area contributed by atoms with Crippen LogP contribution in [0.3, 0.4) is 0 Å². The monoisotopic (exact) mass is 278 g/mol. The van der Waals surface area contributed by atoms with Crippen molar-refractivity contribution in [2.75, 3.05) is 6.54 Å². The van der Waals surface area contributed by atoms with Crippen LogP contribution in [0.1, 0.15) is 17.5 Å². The second-order valence-electron chi connectivity index (χ2n) is 4.94. The zero-order valence-corrected chi connectivity index (χ0v) is 11.0. The van der Waals surface area contributed by atoms with Gasteiger partial charge in [0.1, 0.15) is 6.04 Å². The minimum Gasteiger partial charge on any atom is -0.480 e. The molecule has 20 heavy (non-hydrogen) atoms. The number of carboxylic acids is 1.